The molecule has 3 aromatic heterocycles. The van der Waals surface area contributed by atoms with Gasteiger partial charge in [0, 0.05) is 41.6 Å². The fourth-order valence-corrected chi connectivity index (χ4v) is 4.55. The van der Waals surface area contributed by atoms with E-state index < -0.39 is 0 Å². The van der Waals surface area contributed by atoms with E-state index in [2.05, 4.69) is 54.6 Å². The standard InChI is InChI=1S/C27H32N6O/c1-17(2)32-26(34)21-16-29-24(30-20-10-9-18-11-12-28-15-19(18)13-20)14-22(21)33(32)25-8-6-7-23(31-25)27(3,4)5/h6-10,13-14,16-17,28H,11-12,15H2,1-5H3,(H,29,30). The summed E-state index contributed by atoms with van der Waals surface area (Å²) in [4.78, 5) is 22.8. The Bertz CT molecular complexity index is 1420. The van der Waals surface area contributed by atoms with E-state index in [0.717, 1.165) is 42.2 Å². The lowest BCUT2D eigenvalue weighted by atomic mass is 9.92. The fraction of sp³-hybridized carbons (Fsp3) is 0.370. The van der Waals surface area contributed by atoms with Crippen LogP contribution in [-0.4, -0.2) is 25.9 Å². The van der Waals surface area contributed by atoms with Crippen molar-refractivity contribution >= 4 is 22.4 Å². The monoisotopic (exact) mass is 456 g/mol. The zero-order chi connectivity index (χ0) is 24.0. The molecule has 1 aliphatic heterocycles. The molecule has 7 heteroatoms. The van der Waals surface area contributed by atoms with Crippen LogP contribution in [0.25, 0.3) is 16.7 Å². The van der Waals surface area contributed by atoms with Crippen LogP contribution >= 0.6 is 0 Å². The number of rotatable bonds is 4. The average molecular weight is 457 g/mol. The van der Waals surface area contributed by atoms with Gasteiger partial charge in [0.25, 0.3) is 5.56 Å². The minimum Gasteiger partial charge on any atom is -0.340 e. The second-order valence-electron chi connectivity index (χ2n) is 10.3. The molecule has 0 fully saturated rings. The van der Waals surface area contributed by atoms with Crippen molar-refractivity contribution in [1.82, 2.24) is 24.6 Å². The molecule has 0 unspecified atom stereocenters. The molecule has 0 saturated heterocycles. The highest BCUT2D eigenvalue weighted by Gasteiger charge is 2.21. The highest BCUT2D eigenvalue weighted by molar-refractivity contribution is 5.82. The van der Waals surface area contributed by atoms with Crippen LogP contribution in [0, 0.1) is 0 Å². The minimum absolute atomic E-state index is 0.0375. The van der Waals surface area contributed by atoms with E-state index in [4.69, 9.17) is 4.98 Å². The Morgan fingerprint density at radius 1 is 1.09 bits per heavy atom. The molecule has 4 aromatic rings. The molecular formula is C27H32N6O. The van der Waals surface area contributed by atoms with Gasteiger partial charge < -0.3 is 10.6 Å². The molecule has 5 rings (SSSR count). The Morgan fingerprint density at radius 3 is 2.68 bits per heavy atom. The Hall–Kier alpha value is -3.45. The van der Waals surface area contributed by atoms with Gasteiger partial charge in [-0.1, -0.05) is 32.9 Å². The Kier molecular flexibility index (Phi) is 5.52. The van der Waals surface area contributed by atoms with Crippen LogP contribution in [0.5, 0.6) is 0 Å². The normalized spacial score (nSPS) is 13.9. The predicted molar refractivity (Wildman–Crippen MR) is 137 cm³/mol. The number of nitrogens with zero attached hydrogens (tertiary/aromatic N) is 4. The van der Waals surface area contributed by atoms with Gasteiger partial charge in [-0.2, -0.15) is 0 Å². The van der Waals surface area contributed by atoms with Crippen LogP contribution < -0.4 is 16.2 Å². The number of anilines is 2. The molecule has 7 nitrogen and oxygen atoms in total. The zero-order valence-electron chi connectivity index (χ0n) is 20.5. The molecule has 0 saturated carbocycles. The molecule has 0 atom stereocenters. The Labute approximate surface area is 199 Å². The van der Waals surface area contributed by atoms with Crippen LogP contribution in [-0.2, 0) is 18.4 Å². The summed E-state index contributed by atoms with van der Waals surface area (Å²) in [5.41, 5.74) is 5.28. The van der Waals surface area contributed by atoms with Gasteiger partial charge in [0.15, 0.2) is 5.82 Å². The van der Waals surface area contributed by atoms with Crippen LogP contribution in [0.15, 0.2) is 53.5 Å². The van der Waals surface area contributed by atoms with Gasteiger partial charge in [0.1, 0.15) is 5.82 Å². The third-order valence-electron chi connectivity index (χ3n) is 6.34. The fourth-order valence-electron chi connectivity index (χ4n) is 4.55. The number of fused-ring (bicyclic) bond motifs is 2. The van der Waals surface area contributed by atoms with E-state index in [1.54, 1.807) is 10.9 Å². The van der Waals surface area contributed by atoms with Gasteiger partial charge in [-0.15, -0.1) is 0 Å². The van der Waals surface area contributed by atoms with Gasteiger partial charge in [-0.05, 0) is 62.2 Å². The van der Waals surface area contributed by atoms with Gasteiger partial charge in [0.05, 0.1) is 10.9 Å². The zero-order valence-corrected chi connectivity index (χ0v) is 20.5. The summed E-state index contributed by atoms with van der Waals surface area (Å²) in [5, 5.41) is 7.44. The summed E-state index contributed by atoms with van der Waals surface area (Å²) in [6.07, 6.45) is 2.72. The number of benzene rings is 1. The van der Waals surface area contributed by atoms with E-state index >= 15 is 0 Å². The number of pyridine rings is 2. The molecule has 0 radical (unpaired) electrons. The number of hydrogen-bond acceptors (Lipinski definition) is 5. The molecule has 0 bridgehead atoms. The molecule has 2 N–H and O–H groups in total. The van der Waals surface area contributed by atoms with Gasteiger partial charge in [-0.3, -0.25) is 4.79 Å². The molecule has 176 valence electrons. The van der Waals surface area contributed by atoms with E-state index in [0.29, 0.717) is 11.2 Å². The van der Waals surface area contributed by atoms with Crippen molar-refractivity contribution in [3.05, 3.63) is 75.8 Å². The molecular weight excluding hydrogens is 424 g/mol. The van der Waals surface area contributed by atoms with Crippen molar-refractivity contribution in [2.75, 3.05) is 11.9 Å². The van der Waals surface area contributed by atoms with Crippen molar-refractivity contribution in [2.45, 2.75) is 59.0 Å². The van der Waals surface area contributed by atoms with Crippen molar-refractivity contribution < 1.29 is 0 Å². The first-order valence-electron chi connectivity index (χ1n) is 11.9. The van der Waals surface area contributed by atoms with Gasteiger partial charge in [-0.25, -0.2) is 19.3 Å². The average Bonchev–Trinajstić information content (AvgIpc) is 3.10. The summed E-state index contributed by atoms with van der Waals surface area (Å²) in [6.45, 7) is 12.3. The molecule has 1 aliphatic rings. The lowest BCUT2D eigenvalue weighted by Crippen LogP contribution is -2.25. The van der Waals surface area contributed by atoms with Crippen molar-refractivity contribution in [3.63, 3.8) is 0 Å². The number of hydrogen-bond donors (Lipinski definition) is 2. The molecule has 0 aliphatic carbocycles. The second kappa shape index (κ2) is 8.40. The summed E-state index contributed by atoms with van der Waals surface area (Å²) in [5.74, 6) is 1.42. The third kappa shape index (κ3) is 4.01. The number of aromatic nitrogens is 4. The first-order valence-corrected chi connectivity index (χ1v) is 11.9. The Balaban J connectivity index is 1.63. The maximum absolute atomic E-state index is 13.3. The predicted octanol–water partition coefficient (Wildman–Crippen LogP) is 4.85. The van der Waals surface area contributed by atoms with Crippen LogP contribution in [0.2, 0.25) is 0 Å². The van der Waals surface area contributed by atoms with Crippen molar-refractivity contribution in [3.8, 4) is 5.82 Å². The summed E-state index contributed by atoms with van der Waals surface area (Å²) >= 11 is 0. The van der Waals surface area contributed by atoms with Crippen LogP contribution in [0.3, 0.4) is 0 Å². The molecule has 1 aromatic carbocycles. The summed E-state index contributed by atoms with van der Waals surface area (Å²) in [6, 6.07) is 14.4. The maximum atomic E-state index is 13.3. The molecule has 0 spiro atoms. The molecule has 34 heavy (non-hydrogen) atoms. The maximum Gasteiger partial charge on any atom is 0.276 e. The molecule has 0 amide bonds. The minimum atomic E-state index is -0.0997. The SMILES string of the molecule is CC(C)n1c(=O)c2cnc(Nc3ccc4c(c3)CNCC4)cc2n1-c1cccc(C(C)(C)C)n1. The first kappa shape index (κ1) is 22.3. The van der Waals surface area contributed by atoms with E-state index in [9.17, 15) is 4.79 Å². The lowest BCUT2D eigenvalue weighted by molar-refractivity contribution is 0.470. The van der Waals surface area contributed by atoms with Gasteiger partial charge >= 0.3 is 0 Å². The van der Waals surface area contributed by atoms with Gasteiger partial charge in [0.2, 0.25) is 0 Å². The van der Waals surface area contributed by atoms with E-state index in [1.165, 1.54) is 11.1 Å². The highest BCUT2D eigenvalue weighted by atomic mass is 16.1. The largest absolute Gasteiger partial charge is 0.340 e. The van der Waals surface area contributed by atoms with E-state index in [1.807, 2.05) is 42.8 Å². The summed E-state index contributed by atoms with van der Waals surface area (Å²) < 4.78 is 3.69. The van der Waals surface area contributed by atoms with Crippen molar-refractivity contribution in [1.29, 1.82) is 0 Å². The van der Waals surface area contributed by atoms with Crippen LogP contribution in [0.4, 0.5) is 11.5 Å². The Morgan fingerprint density at radius 2 is 1.91 bits per heavy atom. The van der Waals surface area contributed by atoms with Crippen LogP contribution in [0.1, 0.15) is 57.5 Å². The van der Waals surface area contributed by atoms with Crippen molar-refractivity contribution in [2.24, 2.45) is 0 Å². The topological polar surface area (TPSA) is 76.8 Å². The smallest absolute Gasteiger partial charge is 0.276 e. The summed E-state index contributed by atoms with van der Waals surface area (Å²) in [7, 11) is 0. The van der Waals surface area contributed by atoms with E-state index in [-0.39, 0.29) is 17.0 Å². The molecule has 4 heterocycles. The first-order chi connectivity index (χ1) is 16.2. The highest BCUT2D eigenvalue weighted by Crippen LogP contribution is 2.26. The quantitative estimate of drug-likeness (QED) is 0.459. The number of nitrogens with one attached hydrogen (secondary N) is 2. The third-order valence-corrected chi connectivity index (χ3v) is 6.34. The lowest BCUT2D eigenvalue weighted by Gasteiger charge is -2.20. The second-order valence-corrected chi connectivity index (χ2v) is 10.3.